The Balaban J connectivity index is 1.92. The molecule has 1 aromatic heterocycles. The Kier molecular flexibility index (Phi) is 5.55. The minimum absolute atomic E-state index is 0.0226. The fourth-order valence-electron chi connectivity index (χ4n) is 3.20. The summed E-state index contributed by atoms with van der Waals surface area (Å²) in [5, 5.41) is 2.49. The van der Waals surface area contributed by atoms with Gasteiger partial charge in [0, 0.05) is 36.7 Å². The van der Waals surface area contributed by atoms with Crippen molar-refractivity contribution in [2.24, 2.45) is 0 Å². The summed E-state index contributed by atoms with van der Waals surface area (Å²) in [6.07, 6.45) is -5.01. The summed E-state index contributed by atoms with van der Waals surface area (Å²) >= 11 is 0. The second kappa shape index (κ2) is 7.64. The van der Waals surface area contributed by atoms with Crippen LogP contribution in [0.5, 0.6) is 0 Å². The first-order valence-electron chi connectivity index (χ1n) is 8.67. The third-order valence-corrected chi connectivity index (χ3v) is 4.64. The zero-order valence-corrected chi connectivity index (χ0v) is 14.8. The van der Waals surface area contributed by atoms with E-state index in [1.54, 1.807) is 0 Å². The van der Waals surface area contributed by atoms with Crippen LogP contribution < -0.4 is 5.32 Å². The summed E-state index contributed by atoms with van der Waals surface area (Å²) in [6, 6.07) is 2.16. The van der Waals surface area contributed by atoms with Crippen LogP contribution in [0.3, 0.4) is 0 Å². The van der Waals surface area contributed by atoms with Crippen LogP contribution in [0.2, 0.25) is 0 Å². The van der Waals surface area contributed by atoms with Crippen LogP contribution in [0.1, 0.15) is 41.7 Å². The summed E-state index contributed by atoms with van der Waals surface area (Å²) in [5.41, 5.74) is -2.79. The maximum Gasteiger partial charge on any atom is 0.433 e. The van der Waals surface area contributed by atoms with Crippen molar-refractivity contribution in [1.82, 2.24) is 10.3 Å². The highest BCUT2D eigenvalue weighted by Crippen LogP contribution is 2.37. The normalized spacial score (nSPS) is 17.2. The lowest BCUT2D eigenvalue weighted by atomic mass is 9.92. The minimum Gasteiger partial charge on any atom is -0.349 e. The Hall–Kier alpha value is -2.65. The van der Waals surface area contributed by atoms with E-state index < -0.39 is 65.3 Å². The average molecular weight is 420 g/mol. The van der Waals surface area contributed by atoms with E-state index in [0.29, 0.717) is 24.4 Å². The maximum atomic E-state index is 13.5. The van der Waals surface area contributed by atoms with Crippen molar-refractivity contribution in [2.45, 2.75) is 43.8 Å². The number of alkyl halides is 5. The van der Waals surface area contributed by atoms with Gasteiger partial charge in [-0.15, -0.1) is 0 Å². The van der Waals surface area contributed by atoms with Crippen molar-refractivity contribution in [3.05, 3.63) is 53.4 Å². The first-order valence-corrected chi connectivity index (χ1v) is 8.67. The van der Waals surface area contributed by atoms with Crippen LogP contribution in [0.25, 0.3) is 11.1 Å². The van der Waals surface area contributed by atoms with Crippen molar-refractivity contribution in [3.63, 3.8) is 0 Å². The molecule has 1 aliphatic carbocycles. The van der Waals surface area contributed by atoms with Crippen LogP contribution in [-0.2, 0) is 6.18 Å². The van der Waals surface area contributed by atoms with Crippen molar-refractivity contribution in [1.29, 1.82) is 0 Å². The molecule has 0 unspecified atom stereocenters. The van der Waals surface area contributed by atoms with Gasteiger partial charge in [0.15, 0.2) is 5.69 Å². The summed E-state index contributed by atoms with van der Waals surface area (Å²) in [6.45, 7) is 0. The number of rotatable bonds is 3. The lowest BCUT2D eigenvalue weighted by molar-refractivity contribution is -0.140. The van der Waals surface area contributed by atoms with Gasteiger partial charge in [0.25, 0.3) is 5.91 Å². The molecule has 3 nitrogen and oxygen atoms in total. The molecule has 1 amide bonds. The molecule has 1 saturated carbocycles. The molecule has 1 aliphatic rings. The standard InChI is InChI=1S/C19H15F7N2O/c20-12-5-10(6-13(21)8-12)15-7-11(9-27-16(15)19(24,25)26)17(29)28-14-1-3-18(22,23)4-2-14/h5-9,14H,1-4H2,(H,28,29). The fraction of sp³-hybridized carbons (Fsp3) is 0.368. The molecule has 0 aliphatic heterocycles. The molecule has 1 N–H and O–H groups in total. The van der Waals surface area contributed by atoms with Crippen LogP contribution >= 0.6 is 0 Å². The third-order valence-electron chi connectivity index (χ3n) is 4.64. The van der Waals surface area contributed by atoms with E-state index in [1.807, 2.05) is 0 Å². The zero-order valence-electron chi connectivity index (χ0n) is 14.8. The molecule has 0 bridgehead atoms. The summed E-state index contributed by atoms with van der Waals surface area (Å²) in [5.74, 6) is -5.79. The van der Waals surface area contributed by atoms with Gasteiger partial charge in [-0.1, -0.05) is 0 Å². The van der Waals surface area contributed by atoms with Crippen LogP contribution in [0, 0.1) is 11.6 Å². The average Bonchev–Trinajstić information content (AvgIpc) is 2.61. The van der Waals surface area contributed by atoms with Crippen molar-refractivity contribution < 1.29 is 35.5 Å². The van der Waals surface area contributed by atoms with Crippen LogP contribution in [0.4, 0.5) is 30.7 Å². The monoisotopic (exact) mass is 420 g/mol. The number of halogens is 7. The lowest BCUT2D eigenvalue weighted by Crippen LogP contribution is -2.40. The molecule has 0 saturated heterocycles. The molecule has 1 aromatic carbocycles. The number of pyridine rings is 1. The van der Waals surface area contributed by atoms with Gasteiger partial charge < -0.3 is 5.32 Å². The molecule has 10 heteroatoms. The molecule has 2 aromatic rings. The molecule has 1 heterocycles. The van der Waals surface area contributed by atoms with E-state index in [0.717, 1.165) is 6.07 Å². The number of carbonyl (C=O) groups is 1. The van der Waals surface area contributed by atoms with E-state index in [4.69, 9.17) is 0 Å². The van der Waals surface area contributed by atoms with E-state index in [2.05, 4.69) is 10.3 Å². The van der Waals surface area contributed by atoms with Gasteiger partial charge in [-0.2, -0.15) is 13.2 Å². The molecule has 156 valence electrons. The van der Waals surface area contributed by atoms with Crippen molar-refractivity contribution in [2.75, 3.05) is 0 Å². The van der Waals surface area contributed by atoms with Gasteiger partial charge in [0.05, 0.1) is 5.56 Å². The Morgan fingerprint density at radius 2 is 1.62 bits per heavy atom. The van der Waals surface area contributed by atoms with Gasteiger partial charge in [0.2, 0.25) is 5.92 Å². The van der Waals surface area contributed by atoms with Crippen LogP contribution in [-0.4, -0.2) is 22.9 Å². The molecule has 29 heavy (non-hydrogen) atoms. The highest BCUT2D eigenvalue weighted by molar-refractivity contribution is 5.95. The Morgan fingerprint density at radius 1 is 1.03 bits per heavy atom. The predicted octanol–water partition coefficient (Wildman–Crippen LogP) is 5.35. The Labute approximate surface area is 160 Å². The second-order valence-electron chi connectivity index (χ2n) is 6.88. The smallest absolute Gasteiger partial charge is 0.349 e. The maximum absolute atomic E-state index is 13.5. The Bertz CT molecular complexity index is 897. The third kappa shape index (κ3) is 5.04. The minimum atomic E-state index is -4.93. The molecule has 0 radical (unpaired) electrons. The summed E-state index contributed by atoms with van der Waals surface area (Å²) < 4.78 is 93.3. The lowest BCUT2D eigenvalue weighted by Gasteiger charge is -2.28. The highest BCUT2D eigenvalue weighted by atomic mass is 19.4. The zero-order chi connectivity index (χ0) is 21.4. The van der Waals surface area contributed by atoms with Crippen molar-refractivity contribution in [3.8, 4) is 11.1 Å². The molecule has 1 fully saturated rings. The second-order valence-corrected chi connectivity index (χ2v) is 6.88. The number of aromatic nitrogens is 1. The van der Waals surface area contributed by atoms with Gasteiger partial charge in [-0.25, -0.2) is 17.6 Å². The van der Waals surface area contributed by atoms with E-state index >= 15 is 0 Å². The van der Waals surface area contributed by atoms with Gasteiger partial charge in [0.1, 0.15) is 11.6 Å². The Morgan fingerprint density at radius 3 is 2.17 bits per heavy atom. The molecular formula is C19H15F7N2O. The first kappa shape index (κ1) is 21.1. The van der Waals surface area contributed by atoms with Crippen LogP contribution in [0.15, 0.2) is 30.5 Å². The highest BCUT2D eigenvalue weighted by Gasteiger charge is 2.37. The molecule has 0 spiro atoms. The number of amides is 1. The number of carbonyl (C=O) groups excluding carboxylic acids is 1. The number of benzene rings is 1. The van der Waals surface area contributed by atoms with E-state index in [-0.39, 0.29) is 18.4 Å². The number of nitrogens with zero attached hydrogens (tertiary/aromatic N) is 1. The predicted molar refractivity (Wildman–Crippen MR) is 89.3 cm³/mol. The molecule has 3 rings (SSSR count). The van der Waals surface area contributed by atoms with Crippen molar-refractivity contribution >= 4 is 5.91 Å². The van der Waals surface area contributed by atoms with E-state index in [9.17, 15) is 35.5 Å². The quantitative estimate of drug-likeness (QED) is 0.680. The molecule has 0 atom stereocenters. The number of nitrogens with one attached hydrogen (secondary N) is 1. The summed E-state index contributed by atoms with van der Waals surface area (Å²) in [4.78, 5) is 15.7. The first-order chi connectivity index (χ1) is 13.4. The van der Waals surface area contributed by atoms with Gasteiger partial charge in [-0.05, 0) is 36.6 Å². The fourth-order valence-corrected chi connectivity index (χ4v) is 3.20. The SMILES string of the molecule is O=C(NC1CCC(F)(F)CC1)c1cnc(C(F)(F)F)c(-c2cc(F)cc(F)c2)c1. The molecular weight excluding hydrogens is 405 g/mol. The topological polar surface area (TPSA) is 42.0 Å². The van der Waals surface area contributed by atoms with Gasteiger partial charge >= 0.3 is 6.18 Å². The largest absolute Gasteiger partial charge is 0.433 e. The van der Waals surface area contributed by atoms with E-state index in [1.165, 1.54) is 0 Å². The number of hydrogen-bond donors (Lipinski definition) is 1. The number of hydrogen-bond acceptors (Lipinski definition) is 2. The summed E-state index contributed by atoms with van der Waals surface area (Å²) in [7, 11) is 0. The van der Waals surface area contributed by atoms with Gasteiger partial charge in [-0.3, -0.25) is 9.78 Å².